The molecule has 3 rings (SSSR count). The Bertz CT molecular complexity index is 1090. The van der Waals surface area contributed by atoms with Crippen LogP contribution in [0.3, 0.4) is 0 Å². The summed E-state index contributed by atoms with van der Waals surface area (Å²) in [5.41, 5.74) is 4.73. The molecule has 0 bridgehead atoms. The molecule has 0 fully saturated rings. The summed E-state index contributed by atoms with van der Waals surface area (Å²) in [6, 6.07) is 18.3. The third-order valence-corrected chi connectivity index (χ3v) is 5.35. The first kappa shape index (κ1) is 22.6. The van der Waals surface area contributed by atoms with E-state index in [0.29, 0.717) is 22.7 Å². The van der Waals surface area contributed by atoms with E-state index in [-0.39, 0.29) is 11.8 Å². The SMILES string of the molecule is Cc1ccccc1C(=O)Nc1ccc(NC(=O)C(C)Oc2c(C)cc(Br)cc2C)cc1. The van der Waals surface area contributed by atoms with E-state index < -0.39 is 6.10 Å². The molecule has 0 radical (unpaired) electrons. The van der Waals surface area contributed by atoms with Crippen molar-refractivity contribution in [2.75, 3.05) is 10.6 Å². The highest BCUT2D eigenvalue weighted by molar-refractivity contribution is 9.10. The first-order chi connectivity index (χ1) is 14.7. The van der Waals surface area contributed by atoms with Crippen molar-refractivity contribution in [3.8, 4) is 5.75 Å². The van der Waals surface area contributed by atoms with Crippen molar-refractivity contribution in [2.24, 2.45) is 0 Å². The Hall–Kier alpha value is -3.12. The summed E-state index contributed by atoms with van der Waals surface area (Å²) in [6.45, 7) is 7.50. The number of ether oxygens (including phenoxy) is 1. The molecule has 3 aromatic carbocycles. The van der Waals surface area contributed by atoms with Crippen molar-refractivity contribution in [3.05, 3.63) is 87.4 Å². The van der Waals surface area contributed by atoms with Crippen LogP contribution >= 0.6 is 15.9 Å². The van der Waals surface area contributed by atoms with Crippen LogP contribution < -0.4 is 15.4 Å². The molecule has 2 amide bonds. The van der Waals surface area contributed by atoms with Gasteiger partial charge in [0.2, 0.25) is 0 Å². The third-order valence-electron chi connectivity index (χ3n) is 4.89. The molecule has 0 aromatic heterocycles. The molecule has 1 atom stereocenters. The predicted molar refractivity (Wildman–Crippen MR) is 128 cm³/mol. The number of aryl methyl sites for hydroxylation is 3. The Balaban J connectivity index is 1.61. The van der Waals surface area contributed by atoms with Gasteiger partial charge < -0.3 is 15.4 Å². The minimum Gasteiger partial charge on any atom is -0.480 e. The number of benzene rings is 3. The zero-order chi connectivity index (χ0) is 22.5. The number of carbonyl (C=O) groups excluding carboxylic acids is 2. The van der Waals surface area contributed by atoms with Gasteiger partial charge in [0.1, 0.15) is 5.75 Å². The van der Waals surface area contributed by atoms with E-state index in [1.54, 1.807) is 37.3 Å². The Kier molecular flexibility index (Phi) is 7.13. The maximum atomic E-state index is 12.6. The smallest absolute Gasteiger partial charge is 0.265 e. The van der Waals surface area contributed by atoms with E-state index in [4.69, 9.17) is 4.74 Å². The lowest BCUT2D eigenvalue weighted by Crippen LogP contribution is -2.30. The quantitative estimate of drug-likeness (QED) is 0.452. The predicted octanol–water partition coefficient (Wildman–Crippen LogP) is 6.03. The number of nitrogens with one attached hydrogen (secondary N) is 2. The molecule has 0 saturated heterocycles. The topological polar surface area (TPSA) is 67.4 Å². The van der Waals surface area contributed by atoms with Crippen molar-refractivity contribution >= 4 is 39.1 Å². The molecule has 0 spiro atoms. The van der Waals surface area contributed by atoms with Crippen molar-refractivity contribution in [3.63, 3.8) is 0 Å². The van der Waals surface area contributed by atoms with Crippen molar-refractivity contribution in [2.45, 2.75) is 33.8 Å². The van der Waals surface area contributed by atoms with Crippen LogP contribution in [-0.2, 0) is 4.79 Å². The molecule has 0 aliphatic rings. The zero-order valence-electron chi connectivity index (χ0n) is 18.0. The van der Waals surface area contributed by atoms with Crippen LogP contribution in [0.4, 0.5) is 11.4 Å². The first-order valence-corrected chi connectivity index (χ1v) is 10.7. The van der Waals surface area contributed by atoms with Crippen LogP contribution in [0.25, 0.3) is 0 Å². The van der Waals surface area contributed by atoms with Crippen LogP contribution in [0.1, 0.15) is 34.0 Å². The van der Waals surface area contributed by atoms with Crippen LogP contribution in [0.2, 0.25) is 0 Å². The highest BCUT2D eigenvalue weighted by Gasteiger charge is 2.17. The van der Waals surface area contributed by atoms with Gasteiger partial charge in [0.15, 0.2) is 6.10 Å². The van der Waals surface area contributed by atoms with E-state index in [0.717, 1.165) is 21.2 Å². The van der Waals surface area contributed by atoms with Crippen LogP contribution in [-0.4, -0.2) is 17.9 Å². The van der Waals surface area contributed by atoms with Crippen LogP contribution in [0, 0.1) is 20.8 Å². The van der Waals surface area contributed by atoms with Gasteiger partial charge in [0.25, 0.3) is 11.8 Å². The van der Waals surface area contributed by atoms with E-state index in [1.165, 1.54) is 0 Å². The fourth-order valence-electron chi connectivity index (χ4n) is 3.22. The average Bonchev–Trinajstić information content (AvgIpc) is 2.72. The Morgan fingerprint density at radius 3 is 1.97 bits per heavy atom. The largest absolute Gasteiger partial charge is 0.480 e. The van der Waals surface area contributed by atoms with Crippen molar-refractivity contribution in [1.29, 1.82) is 0 Å². The lowest BCUT2D eigenvalue weighted by atomic mass is 10.1. The maximum Gasteiger partial charge on any atom is 0.265 e. The molecule has 6 heteroatoms. The zero-order valence-corrected chi connectivity index (χ0v) is 19.5. The van der Waals surface area contributed by atoms with Gasteiger partial charge in [-0.3, -0.25) is 9.59 Å². The number of anilines is 2. The summed E-state index contributed by atoms with van der Waals surface area (Å²) in [4.78, 5) is 25.0. The molecule has 0 aliphatic carbocycles. The summed E-state index contributed by atoms with van der Waals surface area (Å²) >= 11 is 3.46. The van der Waals surface area contributed by atoms with Gasteiger partial charge in [-0.15, -0.1) is 0 Å². The molecule has 31 heavy (non-hydrogen) atoms. The molecule has 0 aliphatic heterocycles. The lowest BCUT2D eigenvalue weighted by molar-refractivity contribution is -0.122. The van der Waals surface area contributed by atoms with Gasteiger partial charge in [0, 0.05) is 21.4 Å². The highest BCUT2D eigenvalue weighted by Crippen LogP contribution is 2.28. The molecule has 0 heterocycles. The summed E-state index contributed by atoms with van der Waals surface area (Å²) in [5, 5.41) is 5.72. The first-order valence-electron chi connectivity index (χ1n) is 9.96. The number of carbonyl (C=O) groups is 2. The van der Waals surface area contributed by atoms with E-state index in [1.807, 2.05) is 51.1 Å². The summed E-state index contributed by atoms with van der Waals surface area (Å²) in [5.74, 6) is 0.288. The number of rotatable bonds is 6. The number of hydrogen-bond acceptors (Lipinski definition) is 3. The Morgan fingerprint density at radius 1 is 0.839 bits per heavy atom. The molecule has 160 valence electrons. The standard InChI is InChI=1S/C25H25BrN2O3/c1-15-7-5-6-8-22(15)25(30)28-21-11-9-20(10-12-21)27-24(29)18(4)31-23-16(2)13-19(26)14-17(23)3/h5-14,18H,1-4H3,(H,27,29)(H,28,30). The van der Waals surface area contributed by atoms with Crippen molar-refractivity contribution < 1.29 is 14.3 Å². The molecule has 0 saturated carbocycles. The second-order valence-electron chi connectivity index (χ2n) is 7.46. The van der Waals surface area contributed by atoms with Gasteiger partial charge in [-0.2, -0.15) is 0 Å². The fraction of sp³-hybridized carbons (Fsp3) is 0.200. The second-order valence-corrected chi connectivity index (χ2v) is 8.38. The van der Waals surface area contributed by atoms with Gasteiger partial charge in [-0.25, -0.2) is 0 Å². The van der Waals surface area contributed by atoms with Gasteiger partial charge in [-0.1, -0.05) is 34.1 Å². The van der Waals surface area contributed by atoms with Gasteiger partial charge >= 0.3 is 0 Å². The number of halogens is 1. The van der Waals surface area contributed by atoms with E-state index in [9.17, 15) is 9.59 Å². The van der Waals surface area contributed by atoms with Crippen molar-refractivity contribution in [1.82, 2.24) is 0 Å². The summed E-state index contributed by atoms with van der Waals surface area (Å²) < 4.78 is 6.89. The van der Waals surface area contributed by atoms with E-state index in [2.05, 4.69) is 26.6 Å². The molecular formula is C25H25BrN2O3. The monoisotopic (exact) mass is 480 g/mol. The maximum absolute atomic E-state index is 12.6. The normalized spacial score (nSPS) is 11.5. The third kappa shape index (κ3) is 5.73. The summed E-state index contributed by atoms with van der Waals surface area (Å²) in [7, 11) is 0. The minimum absolute atomic E-state index is 0.169. The molecule has 1 unspecified atom stereocenters. The minimum atomic E-state index is -0.668. The summed E-state index contributed by atoms with van der Waals surface area (Å²) in [6.07, 6.45) is -0.668. The average molecular weight is 481 g/mol. The Morgan fingerprint density at radius 2 is 1.39 bits per heavy atom. The van der Waals surface area contributed by atoms with Gasteiger partial charge in [-0.05, 0) is 86.8 Å². The highest BCUT2D eigenvalue weighted by atomic mass is 79.9. The fourth-order valence-corrected chi connectivity index (χ4v) is 3.91. The number of amides is 2. The van der Waals surface area contributed by atoms with Crippen LogP contribution in [0.5, 0.6) is 5.75 Å². The molecular weight excluding hydrogens is 456 g/mol. The van der Waals surface area contributed by atoms with E-state index >= 15 is 0 Å². The molecule has 3 aromatic rings. The molecule has 2 N–H and O–H groups in total. The second kappa shape index (κ2) is 9.79. The van der Waals surface area contributed by atoms with Crippen LogP contribution in [0.15, 0.2) is 65.1 Å². The molecule has 5 nitrogen and oxygen atoms in total. The van der Waals surface area contributed by atoms with Gasteiger partial charge in [0.05, 0.1) is 0 Å². The Labute approximate surface area is 191 Å². The number of hydrogen-bond donors (Lipinski definition) is 2. The lowest BCUT2D eigenvalue weighted by Gasteiger charge is -2.18.